The second kappa shape index (κ2) is 8.65. The maximum atomic E-state index is 11.6. The summed E-state index contributed by atoms with van der Waals surface area (Å²) in [7, 11) is -9.38. The standard InChI is InChI=1S/C9H14N3O8P.H3O4P/c10-5-1-2-12(9(15)11-5)8-7(14)6(13)4(20-8)3-19-21(16,17)18;1-5(2,3)4/h1-2,4,6-8,13-14H,3H2,(H2,10,11,15)(H2,16,17,18);(H3,1,2,3,4)/t4-,6-,7-,8-;/m1./s1. The first-order chi connectivity index (χ1) is 11.7. The Labute approximate surface area is 144 Å². The van der Waals surface area contributed by atoms with Crippen LogP contribution in [0.2, 0.25) is 0 Å². The zero-order valence-electron chi connectivity index (χ0n) is 12.7. The van der Waals surface area contributed by atoms with Crippen molar-refractivity contribution in [1.29, 1.82) is 0 Å². The van der Waals surface area contributed by atoms with Crippen LogP contribution in [0.15, 0.2) is 17.1 Å². The Morgan fingerprint density at radius 2 is 1.73 bits per heavy atom. The van der Waals surface area contributed by atoms with Crippen molar-refractivity contribution in [2.24, 2.45) is 0 Å². The van der Waals surface area contributed by atoms with E-state index in [2.05, 4.69) is 9.51 Å². The molecule has 1 fully saturated rings. The molecule has 1 saturated heterocycles. The van der Waals surface area contributed by atoms with Gasteiger partial charge in [-0.2, -0.15) is 4.98 Å². The molecule has 4 atom stereocenters. The Morgan fingerprint density at radius 3 is 2.19 bits per heavy atom. The number of hydrogen-bond donors (Lipinski definition) is 8. The normalized spacial score (nSPS) is 26.3. The average molecular weight is 421 g/mol. The predicted octanol–water partition coefficient (Wildman–Crippen LogP) is -3.37. The van der Waals surface area contributed by atoms with E-state index in [9.17, 15) is 19.6 Å². The molecule has 17 heteroatoms. The van der Waals surface area contributed by atoms with Gasteiger partial charge in [0.25, 0.3) is 0 Å². The van der Waals surface area contributed by atoms with Crippen LogP contribution in [0.1, 0.15) is 6.23 Å². The van der Waals surface area contributed by atoms with Crippen molar-refractivity contribution in [2.45, 2.75) is 24.5 Å². The van der Waals surface area contributed by atoms with Gasteiger partial charge in [0.05, 0.1) is 6.61 Å². The van der Waals surface area contributed by atoms with Crippen molar-refractivity contribution >= 4 is 21.5 Å². The molecule has 2 rings (SSSR count). The number of aliphatic hydroxyl groups excluding tert-OH is 2. The van der Waals surface area contributed by atoms with Crippen molar-refractivity contribution in [3.8, 4) is 0 Å². The minimum Gasteiger partial charge on any atom is -0.387 e. The third-order valence-electron chi connectivity index (χ3n) is 2.87. The van der Waals surface area contributed by atoms with Crippen LogP contribution in [0.4, 0.5) is 5.82 Å². The van der Waals surface area contributed by atoms with Crippen LogP contribution < -0.4 is 11.4 Å². The third kappa shape index (κ3) is 7.57. The number of phosphoric ester groups is 1. The van der Waals surface area contributed by atoms with E-state index in [1.54, 1.807) is 0 Å². The van der Waals surface area contributed by atoms with E-state index in [-0.39, 0.29) is 5.82 Å². The summed E-state index contributed by atoms with van der Waals surface area (Å²) in [4.78, 5) is 53.8. The summed E-state index contributed by atoms with van der Waals surface area (Å²) in [6.45, 7) is -0.657. The Bertz CT molecular complexity index is 750. The number of nitrogen functional groups attached to an aromatic ring is 1. The molecule has 0 unspecified atom stereocenters. The van der Waals surface area contributed by atoms with Crippen LogP contribution in [-0.2, 0) is 18.4 Å². The second-order valence-corrected chi connectivity index (χ2v) is 7.15. The van der Waals surface area contributed by atoms with Crippen molar-refractivity contribution in [3.05, 3.63) is 22.7 Å². The summed E-state index contributed by atoms with van der Waals surface area (Å²) in [5.74, 6) is -0.0225. The molecule has 0 saturated carbocycles. The predicted molar refractivity (Wildman–Crippen MR) is 81.1 cm³/mol. The summed E-state index contributed by atoms with van der Waals surface area (Å²) in [6.07, 6.45) is -4.27. The highest BCUT2D eigenvalue weighted by molar-refractivity contribution is 7.46. The highest BCUT2D eigenvalue weighted by Crippen LogP contribution is 2.38. The van der Waals surface area contributed by atoms with Gasteiger partial charge in [-0.15, -0.1) is 0 Å². The minimum atomic E-state index is -4.74. The molecular formula is C9H17N3O12P2. The molecule has 1 aliphatic rings. The van der Waals surface area contributed by atoms with Crippen molar-refractivity contribution in [1.82, 2.24) is 9.55 Å². The molecule has 0 aliphatic carbocycles. The fourth-order valence-corrected chi connectivity index (χ4v) is 2.23. The van der Waals surface area contributed by atoms with E-state index in [0.29, 0.717) is 0 Å². The van der Waals surface area contributed by atoms with Crippen LogP contribution >= 0.6 is 15.6 Å². The largest absolute Gasteiger partial charge is 0.469 e. The number of aliphatic hydroxyl groups is 2. The van der Waals surface area contributed by atoms with Crippen LogP contribution in [0, 0.1) is 0 Å². The first-order valence-electron chi connectivity index (χ1n) is 6.53. The zero-order chi connectivity index (χ0) is 20.3. The molecule has 9 N–H and O–H groups in total. The maximum absolute atomic E-state index is 11.6. The quantitative estimate of drug-likeness (QED) is 0.221. The van der Waals surface area contributed by atoms with E-state index in [1.165, 1.54) is 12.3 Å². The topological polar surface area (TPSA) is 255 Å². The third-order valence-corrected chi connectivity index (χ3v) is 3.36. The lowest BCUT2D eigenvalue weighted by molar-refractivity contribution is -0.0542. The molecule has 1 aromatic heterocycles. The number of nitrogens with zero attached hydrogens (tertiary/aromatic N) is 2. The van der Waals surface area contributed by atoms with E-state index in [4.69, 9.17) is 39.5 Å². The molecule has 1 aromatic rings. The van der Waals surface area contributed by atoms with E-state index in [0.717, 1.165) is 4.57 Å². The van der Waals surface area contributed by atoms with Crippen LogP contribution in [0.3, 0.4) is 0 Å². The first-order valence-corrected chi connectivity index (χ1v) is 9.63. The van der Waals surface area contributed by atoms with Gasteiger partial charge in [-0.05, 0) is 6.07 Å². The molecular weight excluding hydrogens is 404 g/mol. The molecule has 0 radical (unpaired) electrons. The van der Waals surface area contributed by atoms with Crippen molar-refractivity contribution in [2.75, 3.05) is 12.3 Å². The summed E-state index contributed by atoms with van der Waals surface area (Å²) in [5.41, 5.74) is 4.52. The lowest BCUT2D eigenvalue weighted by Crippen LogP contribution is -2.36. The molecule has 26 heavy (non-hydrogen) atoms. The number of phosphoric acid groups is 2. The SMILES string of the molecule is Nc1ccn([C@@H]2O[C@H](COP(=O)(O)O)[C@@H](O)[C@H]2O)c(=O)n1.O=P(O)(O)O. The number of nitrogens with two attached hydrogens (primary N) is 1. The molecule has 0 spiro atoms. The van der Waals surface area contributed by atoms with E-state index >= 15 is 0 Å². The minimum absolute atomic E-state index is 0.0225. The number of anilines is 1. The maximum Gasteiger partial charge on any atom is 0.469 e. The van der Waals surface area contributed by atoms with Gasteiger partial charge in [0, 0.05) is 6.20 Å². The van der Waals surface area contributed by atoms with E-state index < -0.39 is 52.5 Å². The fraction of sp³-hybridized carbons (Fsp3) is 0.556. The number of hydrogen-bond acceptors (Lipinski definition) is 9. The molecule has 15 nitrogen and oxygen atoms in total. The fourth-order valence-electron chi connectivity index (χ4n) is 1.89. The van der Waals surface area contributed by atoms with Gasteiger partial charge in [-0.1, -0.05) is 0 Å². The van der Waals surface area contributed by atoms with Crippen molar-refractivity contribution < 1.29 is 53.1 Å². The Morgan fingerprint density at radius 1 is 1.19 bits per heavy atom. The molecule has 150 valence electrons. The van der Waals surface area contributed by atoms with Gasteiger partial charge in [0.2, 0.25) is 0 Å². The summed E-state index contributed by atoms with van der Waals surface area (Å²) < 4.78 is 29.8. The van der Waals surface area contributed by atoms with Crippen LogP contribution in [0.5, 0.6) is 0 Å². The Kier molecular flexibility index (Phi) is 7.59. The lowest BCUT2D eigenvalue weighted by Gasteiger charge is -2.16. The monoisotopic (exact) mass is 421 g/mol. The molecule has 0 aromatic carbocycles. The average Bonchev–Trinajstić information content (AvgIpc) is 2.71. The zero-order valence-corrected chi connectivity index (χ0v) is 14.5. The summed E-state index contributed by atoms with van der Waals surface area (Å²) >= 11 is 0. The highest BCUT2D eigenvalue weighted by atomic mass is 31.2. The van der Waals surface area contributed by atoms with Crippen molar-refractivity contribution in [3.63, 3.8) is 0 Å². The number of ether oxygens (including phenoxy) is 1. The smallest absolute Gasteiger partial charge is 0.387 e. The first kappa shape index (κ1) is 22.8. The van der Waals surface area contributed by atoms with Gasteiger partial charge in [-0.25, -0.2) is 13.9 Å². The molecule has 1 aliphatic heterocycles. The van der Waals surface area contributed by atoms with Gasteiger partial charge in [-0.3, -0.25) is 9.09 Å². The van der Waals surface area contributed by atoms with E-state index in [1.807, 2.05) is 0 Å². The van der Waals surface area contributed by atoms with Gasteiger partial charge >= 0.3 is 21.3 Å². The van der Waals surface area contributed by atoms with Gasteiger partial charge in [0.15, 0.2) is 6.23 Å². The number of rotatable bonds is 4. The molecule has 0 bridgehead atoms. The Balaban J connectivity index is 0.000000597. The Hall–Kier alpha value is -1.22. The molecule has 0 amide bonds. The highest BCUT2D eigenvalue weighted by Gasteiger charge is 2.44. The van der Waals surface area contributed by atoms with Crippen LogP contribution in [-0.4, -0.2) is 69.1 Å². The summed E-state index contributed by atoms with van der Waals surface area (Å²) in [5, 5.41) is 19.6. The van der Waals surface area contributed by atoms with Crippen LogP contribution in [0.25, 0.3) is 0 Å². The summed E-state index contributed by atoms with van der Waals surface area (Å²) in [6, 6.07) is 1.29. The molecule has 2 heterocycles. The van der Waals surface area contributed by atoms with Gasteiger partial charge < -0.3 is 45.2 Å². The second-order valence-electron chi connectivity index (χ2n) is 4.89. The lowest BCUT2D eigenvalue weighted by atomic mass is 10.1. The van der Waals surface area contributed by atoms with Gasteiger partial charge in [0.1, 0.15) is 24.1 Å². The number of aromatic nitrogens is 2.